The Bertz CT molecular complexity index is 1380. The topological polar surface area (TPSA) is 88.5 Å². The van der Waals surface area contributed by atoms with Gasteiger partial charge in [-0.1, -0.05) is 36.4 Å². The molecule has 5 rings (SSSR count). The van der Waals surface area contributed by atoms with E-state index in [0.29, 0.717) is 22.7 Å². The third-order valence-corrected chi connectivity index (χ3v) is 5.62. The van der Waals surface area contributed by atoms with E-state index < -0.39 is 11.9 Å². The van der Waals surface area contributed by atoms with E-state index >= 15 is 0 Å². The first-order chi connectivity index (χ1) is 17.7. The van der Waals surface area contributed by atoms with Gasteiger partial charge in [0.15, 0.2) is 0 Å². The zero-order valence-corrected chi connectivity index (χ0v) is 19.4. The number of pyridine rings is 3. The summed E-state index contributed by atoms with van der Waals surface area (Å²) < 4.78 is 6.01. The molecule has 3 aromatic heterocycles. The molecule has 1 saturated heterocycles. The molecule has 0 aliphatic carbocycles. The molecule has 0 saturated carbocycles. The lowest BCUT2D eigenvalue weighted by atomic mass is 10.1. The first kappa shape index (κ1) is 22.9. The molecular weight excluding hydrogens is 454 g/mol. The summed E-state index contributed by atoms with van der Waals surface area (Å²) in [5.74, 6) is 0.179. The van der Waals surface area contributed by atoms with Gasteiger partial charge in [0.25, 0.3) is 5.91 Å². The summed E-state index contributed by atoms with van der Waals surface area (Å²) in [4.78, 5) is 42.5. The lowest BCUT2D eigenvalue weighted by molar-refractivity contribution is -0.123. The van der Waals surface area contributed by atoms with Crippen LogP contribution in [0.25, 0.3) is 6.08 Å². The normalized spacial score (nSPS) is 14.5. The summed E-state index contributed by atoms with van der Waals surface area (Å²) in [6, 6.07) is 23.5. The highest BCUT2D eigenvalue weighted by atomic mass is 16.5. The van der Waals surface area contributed by atoms with Gasteiger partial charge < -0.3 is 4.74 Å². The predicted octanol–water partition coefficient (Wildman–Crippen LogP) is 4.46. The van der Waals surface area contributed by atoms with Crippen LogP contribution < -0.4 is 4.74 Å². The Morgan fingerprint density at radius 1 is 0.667 bits per heavy atom. The smallest absolute Gasteiger partial charge is 0.332 e. The molecule has 8 heteroatoms. The average molecular weight is 478 g/mol. The first-order valence-electron chi connectivity index (χ1n) is 11.5. The van der Waals surface area contributed by atoms with E-state index in [0.717, 1.165) is 5.69 Å². The van der Waals surface area contributed by atoms with Crippen LogP contribution in [0.1, 0.15) is 22.6 Å². The minimum atomic E-state index is -0.422. The van der Waals surface area contributed by atoms with Crippen LogP contribution in [-0.2, 0) is 24.5 Å². The average Bonchev–Trinajstić information content (AvgIpc) is 3.14. The zero-order valence-electron chi connectivity index (χ0n) is 19.4. The second-order valence-corrected chi connectivity index (χ2v) is 8.08. The van der Waals surface area contributed by atoms with Crippen molar-refractivity contribution in [3.8, 4) is 5.75 Å². The monoisotopic (exact) mass is 477 g/mol. The summed E-state index contributed by atoms with van der Waals surface area (Å²) in [5.41, 5.74) is 3.00. The number of imide groups is 1. The molecule has 4 heterocycles. The highest BCUT2D eigenvalue weighted by molar-refractivity contribution is 6.13. The quantitative estimate of drug-likeness (QED) is 0.275. The standard InChI is InChI=1S/C28H23N5O3/c34-27-25(17-21-9-1-2-13-26(21)36-20-24-12-5-8-16-31-24)32(18-22-10-3-6-14-29-22)28(35)33(27)19-23-11-4-7-15-30-23/h1-17H,18-20H2/b25-17+. The molecule has 0 unspecified atom stereocenters. The van der Waals surface area contributed by atoms with Gasteiger partial charge >= 0.3 is 6.03 Å². The van der Waals surface area contributed by atoms with E-state index in [2.05, 4.69) is 15.0 Å². The van der Waals surface area contributed by atoms with Crippen molar-refractivity contribution >= 4 is 18.0 Å². The van der Waals surface area contributed by atoms with Gasteiger partial charge in [-0.15, -0.1) is 0 Å². The van der Waals surface area contributed by atoms with E-state index in [4.69, 9.17) is 4.74 Å². The number of hydrogen-bond donors (Lipinski definition) is 0. The van der Waals surface area contributed by atoms with Crippen LogP contribution in [0.5, 0.6) is 5.75 Å². The minimum absolute atomic E-state index is 0.0758. The lowest BCUT2D eigenvalue weighted by Gasteiger charge is -2.17. The lowest BCUT2D eigenvalue weighted by Crippen LogP contribution is -2.32. The second kappa shape index (κ2) is 10.6. The number of hydrogen-bond acceptors (Lipinski definition) is 6. The Balaban J connectivity index is 1.47. The molecule has 1 aromatic carbocycles. The molecule has 1 aliphatic heterocycles. The summed E-state index contributed by atoms with van der Waals surface area (Å²) in [6.07, 6.45) is 6.70. The number of aromatic nitrogens is 3. The summed E-state index contributed by atoms with van der Waals surface area (Å²) in [6.45, 7) is 0.511. The molecule has 0 radical (unpaired) electrons. The third kappa shape index (κ3) is 5.12. The van der Waals surface area contributed by atoms with Crippen LogP contribution in [0.3, 0.4) is 0 Å². The van der Waals surface area contributed by atoms with Gasteiger partial charge in [-0.05, 0) is 48.5 Å². The van der Waals surface area contributed by atoms with E-state index in [1.165, 1.54) is 9.80 Å². The van der Waals surface area contributed by atoms with Crippen molar-refractivity contribution in [2.45, 2.75) is 19.7 Å². The molecule has 8 nitrogen and oxygen atoms in total. The molecule has 1 fully saturated rings. The van der Waals surface area contributed by atoms with Gasteiger partial charge in [0.2, 0.25) is 0 Å². The van der Waals surface area contributed by atoms with Crippen molar-refractivity contribution < 1.29 is 14.3 Å². The molecule has 0 atom stereocenters. The molecular formula is C28H23N5O3. The van der Waals surface area contributed by atoms with E-state index in [1.807, 2.05) is 60.7 Å². The fourth-order valence-electron chi connectivity index (χ4n) is 3.84. The van der Waals surface area contributed by atoms with Gasteiger partial charge in [0.1, 0.15) is 18.1 Å². The number of carbonyl (C=O) groups is 2. The molecule has 0 spiro atoms. The van der Waals surface area contributed by atoms with Crippen LogP contribution in [0.15, 0.2) is 103 Å². The number of urea groups is 1. The SMILES string of the molecule is O=C1/C(=C\c2ccccc2OCc2ccccn2)N(Cc2ccccn2)C(=O)N1Cc1ccccn1. The molecule has 36 heavy (non-hydrogen) atoms. The van der Waals surface area contributed by atoms with E-state index in [1.54, 1.807) is 42.9 Å². The van der Waals surface area contributed by atoms with Gasteiger partial charge in [-0.3, -0.25) is 29.5 Å². The maximum Gasteiger partial charge on any atom is 0.332 e. The summed E-state index contributed by atoms with van der Waals surface area (Å²) in [7, 11) is 0. The zero-order chi connectivity index (χ0) is 24.7. The Hall–Kier alpha value is -4.85. The molecule has 0 N–H and O–H groups in total. The van der Waals surface area contributed by atoms with Crippen LogP contribution in [0, 0.1) is 0 Å². The van der Waals surface area contributed by atoms with Gasteiger partial charge in [0, 0.05) is 24.2 Å². The van der Waals surface area contributed by atoms with Crippen molar-refractivity contribution in [3.63, 3.8) is 0 Å². The second-order valence-electron chi connectivity index (χ2n) is 8.08. The fourth-order valence-corrected chi connectivity index (χ4v) is 3.84. The fraction of sp³-hybridized carbons (Fsp3) is 0.107. The van der Waals surface area contributed by atoms with Gasteiger partial charge in [0.05, 0.1) is 30.2 Å². The van der Waals surface area contributed by atoms with Crippen molar-refractivity contribution in [2.24, 2.45) is 0 Å². The first-order valence-corrected chi connectivity index (χ1v) is 11.5. The third-order valence-electron chi connectivity index (χ3n) is 5.62. The van der Waals surface area contributed by atoms with Crippen LogP contribution >= 0.6 is 0 Å². The van der Waals surface area contributed by atoms with E-state index in [9.17, 15) is 9.59 Å². The number of nitrogens with zero attached hydrogens (tertiary/aromatic N) is 5. The van der Waals surface area contributed by atoms with Crippen LogP contribution in [0.2, 0.25) is 0 Å². The number of benzene rings is 1. The van der Waals surface area contributed by atoms with Crippen LogP contribution in [0.4, 0.5) is 4.79 Å². The largest absolute Gasteiger partial charge is 0.487 e. The summed E-state index contributed by atoms with van der Waals surface area (Å²) >= 11 is 0. The van der Waals surface area contributed by atoms with Crippen molar-refractivity contribution in [3.05, 3.63) is 126 Å². The molecule has 178 valence electrons. The molecule has 3 amide bonds. The minimum Gasteiger partial charge on any atom is -0.487 e. The van der Waals surface area contributed by atoms with Gasteiger partial charge in [-0.2, -0.15) is 0 Å². The number of ether oxygens (including phenoxy) is 1. The highest BCUT2D eigenvalue weighted by Gasteiger charge is 2.41. The Kier molecular flexibility index (Phi) is 6.75. The number of rotatable bonds is 8. The van der Waals surface area contributed by atoms with Crippen molar-refractivity contribution in [1.29, 1.82) is 0 Å². The van der Waals surface area contributed by atoms with Crippen LogP contribution in [-0.4, -0.2) is 36.7 Å². The number of para-hydroxylation sites is 1. The summed E-state index contributed by atoms with van der Waals surface area (Å²) in [5, 5.41) is 0. The maximum absolute atomic E-state index is 13.5. The predicted molar refractivity (Wildman–Crippen MR) is 133 cm³/mol. The van der Waals surface area contributed by atoms with E-state index in [-0.39, 0.29) is 25.4 Å². The Morgan fingerprint density at radius 2 is 1.22 bits per heavy atom. The Morgan fingerprint density at radius 3 is 1.83 bits per heavy atom. The van der Waals surface area contributed by atoms with Crippen molar-refractivity contribution in [2.75, 3.05) is 0 Å². The molecule has 0 bridgehead atoms. The number of amides is 3. The Labute approximate surface area is 208 Å². The molecule has 1 aliphatic rings. The van der Waals surface area contributed by atoms with Crippen molar-refractivity contribution in [1.82, 2.24) is 24.8 Å². The molecule has 4 aromatic rings. The van der Waals surface area contributed by atoms with Gasteiger partial charge in [-0.25, -0.2) is 4.79 Å². The maximum atomic E-state index is 13.5. The highest BCUT2D eigenvalue weighted by Crippen LogP contribution is 2.29. The number of carbonyl (C=O) groups excluding carboxylic acids is 2.